The van der Waals surface area contributed by atoms with Crippen LogP contribution in [-0.2, 0) is 0 Å². The van der Waals surface area contributed by atoms with E-state index < -0.39 is 6.43 Å². The molecule has 3 rings (SSSR count). The Balaban J connectivity index is 1.81. The van der Waals surface area contributed by atoms with Gasteiger partial charge >= 0.3 is 0 Å². The first-order valence-corrected chi connectivity index (χ1v) is 7.05. The van der Waals surface area contributed by atoms with Crippen LogP contribution in [0.3, 0.4) is 0 Å². The van der Waals surface area contributed by atoms with Gasteiger partial charge in [-0.2, -0.15) is 0 Å². The van der Waals surface area contributed by atoms with Crippen LogP contribution in [0.5, 0.6) is 0 Å². The summed E-state index contributed by atoms with van der Waals surface area (Å²) in [5.74, 6) is 0. The number of nitrogens with zero attached hydrogens (tertiary/aromatic N) is 2. The molecule has 2 saturated heterocycles. The summed E-state index contributed by atoms with van der Waals surface area (Å²) >= 11 is 0. The highest BCUT2D eigenvalue weighted by Gasteiger charge is 2.37. The molecule has 1 aromatic rings. The van der Waals surface area contributed by atoms with E-state index in [1.165, 1.54) is 6.42 Å². The van der Waals surface area contributed by atoms with Gasteiger partial charge in [0.2, 0.25) is 0 Å². The highest BCUT2D eigenvalue weighted by Crippen LogP contribution is 2.32. The summed E-state index contributed by atoms with van der Waals surface area (Å²) in [6, 6.07) is 10.7. The minimum absolute atomic E-state index is 0.107. The lowest BCUT2D eigenvalue weighted by Gasteiger charge is -2.43. The third kappa shape index (κ3) is 2.79. The second-order valence-corrected chi connectivity index (χ2v) is 5.56. The number of piperazine rings is 1. The third-order valence-corrected chi connectivity index (χ3v) is 4.35. The van der Waals surface area contributed by atoms with Gasteiger partial charge in [-0.1, -0.05) is 30.3 Å². The fourth-order valence-electron chi connectivity index (χ4n) is 3.45. The van der Waals surface area contributed by atoms with Gasteiger partial charge in [-0.15, -0.1) is 0 Å². The van der Waals surface area contributed by atoms with Crippen LogP contribution in [0.15, 0.2) is 30.3 Å². The first-order chi connectivity index (χ1) is 9.24. The number of fused-ring (bicyclic) bond motifs is 1. The van der Waals surface area contributed by atoms with E-state index in [2.05, 4.69) is 17.0 Å². The molecule has 19 heavy (non-hydrogen) atoms. The monoisotopic (exact) mass is 266 g/mol. The standard InChI is InChI=1S/C15H20F2N2/c16-15(17)11-19-9-13-7-4-8-18(13)10-14(19)12-5-2-1-3-6-12/h1-3,5-6,13-15H,4,7-11H2. The molecular weight excluding hydrogens is 246 g/mol. The molecule has 0 radical (unpaired) electrons. The van der Waals surface area contributed by atoms with E-state index in [4.69, 9.17) is 0 Å². The second kappa shape index (κ2) is 5.55. The fourth-order valence-corrected chi connectivity index (χ4v) is 3.45. The Labute approximate surface area is 113 Å². The summed E-state index contributed by atoms with van der Waals surface area (Å²) in [6.07, 6.45) is 0.106. The number of halogens is 2. The Morgan fingerprint density at radius 2 is 1.95 bits per heavy atom. The number of hydrogen-bond donors (Lipinski definition) is 0. The molecule has 0 aliphatic carbocycles. The Kier molecular flexibility index (Phi) is 3.80. The topological polar surface area (TPSA) is 6.48 Å². The molecule has 0 saturated carbocycles. The van der Waals surface area contributed by atoms with Gasteiger partial charge in [0.15, 0.2) is 0 Å². The molecule has 2 heterocycles. The Morgan fingerprint density at radius 3 is 2.68 bits per heavy atom. The van der Waals surface area contributed by atoms with E-state index in [9.17, 15) is 8.78 Å². The van der Waals surface area contributed by atoms with Gasteiger partial charge in [-0.05, 0) is 24.9 Å². The molecule has 2 fully saturated rings. The van der Waals surface area contributed by atoms with Gasteiger partial charge in [0.1, 0.15) is 0 Å². The molecule has 4 heteroatoms. The van der Waals surface area contributed by atoms with E-state index in [1.54, 1.807) is 0 Å². The number of rotatable bonds is 3. The van der Waals surface area contributed by atoms with Crippen molar-refractivity contribution < 1.29 is 8.78 Å². The lowest BCUT2D eigenvalue weighted by molar-refractivity contribution is 0.00522. The summed E-state index contributed by atoms with van der Waals surface area (Å²) in [5, 5.41) is 0. The molecule has 2 aliphatic rings. The SMILES string of the molecule is FC(F)CN1CC2CCCN2CC1c1ccccc1. The number of benzene rings is 1. The quantitative estimate of drug-likeness (QED) is 0.830. The van der Waals surface area contributed by atoms with Crippen molar-refractivity contribution in [2.45, 2.75) is 31.4 Å². The van der Waals surface area contributed by atoms with Crippen LogP contribution < -0.4 is 0 Å². The van der Waals surface area contributed by atoms with Gasteiger partial charge < -0.3 is 0 Å². The largest absolute Gasteiger partial charge is 0.297 e. The maximum absolute atomic E-state index is 12.8. The molecule has 0 N–H and O–H groups in total. The van der Waals surface area contributed by atoms with Crippen molar-refractivity contribution in [3.05, 3.63) is 35.9 Å². The van der Waals surface area contributed by atoms with Crippen molar-refractivity contribution in [3.8, 4) is 0 Å². The summed E-state index contributed by atoms with van der Waals surface area (Å²) in [7, 11) is 0. The lowest BCUT2D eigenvalue weighted by Crippen LogP contribution is -2.52. The second-order valence-electron chi connectivity index (χ2n) is 5.56. The predicted octanol–water partition coefficient (Wildman–Crippen LogP) is 2.77. The molecule has 0 aromatic heterocycles. The van der Waals surface area contributed by atoms with Gasteiger partial charge in [-0.25, -0.2) is 8.78 Å². The van der Waals surface area contributed by atoms with Crippen molar-refractivity contribution in [1.82, 2.24) is 9.80 Å². The average Bonchev–Trinajstić information content (AvgIpc) is 2.85. The normalized spacial score (nSPS) is 28.8. The van der Waals surface area contributed by atoms with Crippen LogP contribution >= 0.6 is 0 Å². The first kappa shape index (κ1) is 13.0. The van der Waals surface area contributed by atoms with Crippen LogP contribution in [0.25, 0.3) is 0 Å². The Bertz CT molecular complexity index is 410. The van der Waals surface area contributed by atoms with Crippen molar-refractivity contribution >= 4 is 0 Å². The summed E-state index contributed by atoms with van der Waals surface area (Å²) in [4.78, 5) is 4.45. The number of alkyl halides is 2. The molecule has 2 aliphatic heterocycles. The maximum Gasteiger partial charge on any atom is 0.251 e. The molecule has 0 spiro atoms. The minimum Gasteiger partial charge on any atom is -0.297 e. The zero-order valence-corrected chi connectivity index (χ0v) is 11.0. The van der Waals surface area contributed by atoms with Crippen molar-refractivity contribution in [2.75, 3.05) is 26.2 Å². The molecule has 104 valence electrons. The number of hydrogen-bond acceptors (Lipinski definition) is 2. The zero-order valence-electron chi connectivity index (χ0n) is 11.0. The maximum atomic E-state index is 12.8. The summed E-state index contributed by atoms with van der Waals surface area (Å²) < 4.78 is 25.6. The van der Waals surface area contributed by atoms with Crippen molar-refractivity contribution in [3.63, 3.8) is 0 Å². The first-order valence-electron chi connectivity index (χ1n) is 7.05. The van der Waals surface area contributed by atoms with Crippen LogP contribution in [0, 0.1) is 0 Å². The van der Waals surface area contributed by atoms with E-state index in [-0.39, 0.29) is 12.6 Å². The molecule has 1 aromatic carbocycles. The smallest absolute Gasteiger partial charge is 0.251 e. The fraction of sp³-hybridized carbons (Fsp3) is 0.600. The highest BCUT2D eigenvalue weighted by atomic mass is 19.3. The average molecular weight is 266 g/mol. The molecule has 0 amide bonds. The van der Waals surface area contributed by atoms with E-state index in [0.717, 1.165) is 31.6 Å². The van der Waals surface area contributed by atoms with Crippen LogP contribution in [0.4, 0.5) is 8.78 Å². The molecule has 2 atom stereocenters. The van der Waals surface area contributed by atoms with Gasteiger partial charge in [0.05, 0.1) is 6.54 Å². The van der Waals surface area contributed by atoms with Gasteiger partial charge in [0.25, 0.3) is 6.43 Å². The molecule has 2 nitrogen and oxygen atoms in total. The van der Waals surface area contributed by atoms with E-state index in [1.807, 2.05) is 23.1 Å². The molecular formula is C15H20F2N2. The highest BCUT2D eigenvalue weighted by molar-refractivity contribution is 5.20. The minimum atomic E-state index is -2.25. The van der Waals surface area contributed by atoms with Gasteiger partial charge in [0, 0.05) is 25.2 Å². The van der Waals surface area contributed by atoms with Crippen LogP contribution in [0.1, 0.15) is 24.4 Å². The van der Waals surface area contributed by atoms with E-state index >= 15 is 0 Å². The zero-order chi connectivity index (χ0) is 13.2. The van der Waals surface area contributed by atoms with Gasteiger partial charge in [-0.3, -0.25) is 9.80 Å². The molecule has 2 unspecified atom stereocenters. The van der Waals surface area contributed by atoms with Crippen LogP contribution in [0.2, 0.25) is 0 Å². The van der Waals surface area contributed by atoms with Crippen molar-refractivity contribution in [1.29, 1.82) is 0 Å². The van der Waals surface area contributed by atoms with E-state index in [0.29, 0.717) is 6.04 Å². The Morgan fingerprint density at radius 1 is 1.16 bits per heavy atom. The Hall–Kier alpha value is -1.00. The molecule has 0 bridgehead atoms. The van der Waals surface area contributed by atoms with Crippen molar-refractivity contribution in [2.24, 2.45) is 0 Å². The summed E-state index contributed by atoms with van der Waals surface area (Å²) in [5.41, 5.74) is 1.16. The predicted molar refractivity (Wildman–Crippen MR) is 71.4 cm³/mol. The van der Waals surface area contributed by atoms with Crippen LogP contribution in [-0.4, -0.2) is 48.4 Å². The summed E-state index contributed by atoms with van der Waals surface area (Å²) in [6.45, 7) is 2.69. The lowest BCUT2D eigenvalue weighted by atomic mass is 10.00. The third-order valence-electron chi connectivity index (χ3n) is 4.35.